The molecule has 2 N–H and O–H groups in total. The van der Waals surface area contributed by atoms with Gasteiger partial charge in [0.2, 0.25) is 5.91 Å². The van der Waals surface area contributed by atoms with Gasteiger partial charge in [-0.3, -0.25) is 4.79 Å². The Hall–Kier alpha value is -0.610. The quantitative estimate of drug-likeness (QED) is 0.808. The third kappa shape index (κ3) is 5.06. The number of rotatable bonds is 6. The molecule has 2 aliphatic rings. The summed E-state index contributed by atoms with van der Waals surface area (Å²) >= 11 is 0. The Kier molecular flexibility index (Phi) is 6.80. The highest BCUT2D eigenvalue weighted by molar-refractivity contribution is 5.76. The zero-order chi connectivity index (χ0) is 14.2. The van der Waals surface area contributed by atoms with E-state index in [-0.39, 0.29) is 0 Å². The van der Waals surface area contributed by atoms with Crippen molar-refractivity contribution in [1.82, 2.24) is 9.80 Å². The normalized spacial score (nSPS) is 22.1. The zero-order valence-corrected chi connectivity index (χ0v) is 12.9. The first-order chi connectivity index (χ1) is 9.79. The molecule has 0 bridgehead atoms. The molecule has 1 aliphatic heterocycles. The van der Waals surface area contributed by atoms with Crippen LogP contribution in [0.1, 0.15) is 51.4 Å². The van der Waals surface area contributed by atoms with Gasteiger partial charge in [-0.15, -0.1) is 0 Å². The van der Waals surface area contributed by atoms with E-state index in [9.17, 15) is 4.79 Å². The van der Waals surface area contributed by atoms with Crippen LogP contribution in [0, 0.1) is 5.92 Å². The van der Waals surface area contributed by atoms with E-state index in [2.05, 4.69) is 9.80 Å². The Bertz CT molecular complexity index is 289. The Morgan fingerprint density at radius 1 is 1.05 bits per heavy atom. The molecular formula is C16H31N3O. The van der Waals surface area contributed by atoms with Crippen LogP contribution in [0.25, 0.3) is 0 Å². The van der Waals surface area contributed by atoms with E-state index in [4.69, 9.17) is 5.73 Å². The number of carbonyl (C=O) groups excluding carboxylic acids is 1. The van der Waals surface area contributed by atoms with Gasteiger partial charge in [-0.05, 0) is 44.8 Å². The highest BCUT2D eigenvalue weighted by Crippen LogP contribution is 2.28. The monoisotopic (exact) mass is 281 g/mol. The van der Waals surface area contributed by atoms with E-state index in [1.54, 1.807) is 0 Å². The van der Waals surface area contributed by atoms with Crippen LogP contribution in [-0.2, 0) is 4.79 Å². The van der Waals surface area contributed by atoms with E-state index in [1.165, 1.54) is 25.7 Å². The SMILES string of the molecule is NCCCN1CCCN(C(=O)CCC2CCCC2)CC1. The van der Waals surface area contributed by atoms with Crippen LogP contribution in [0.3, 0.4) is 0 Å². The molecule has 1 heterocycles. The van der Waals surface area contributed by atoms with Gasteiger partial charge in [-0.25, -0.2) is 0 Å². The summed E-state index contributed by atoms with van der Waals surface area (Å²) in [7, 11) is 0. The molecular weight excluding hydrogens is 250 g/mol. The fraction of sp³-hybridized carbons (Fsp3) is 0.938. The van der Waals surface area contributed by atoms with Crippen LogP contribution in [-0.4, -0.2) is 55.0 Å². The lowest BCUT2D eigenvalue weighted by Gasteiger charge is -2.22. The molecule has 116 valence electrons. The van der Waals surface area contributed by atoms with Crippen LogP contribution < -0.4 is 5.73 Å². The smallest absolute Gasteiger partial charge is 0.222 e. The lowest BCUT2D eigenvalue weighted by molar-refractivity contribution is -0.131. The number of nitrogens with zero attached hydrogens (tertiary/aromatic N) is 2. The minimum absolute atomic E-state index is 0.387. The van der Waals surface area contributed by atoms with Gasteiger partial charge in [-0.1, -0.05) is 25.7 Å². The fourth-order valence-corrected chi connectivity index (χ4v) is 3.54. The summed E-state index contributed by atoms with van der Waals surface area (Å²) < 4.78 is 0. The van der Waals surface area contributed by atoms with Crippen molar-refractivity contribution in [1.29, 1.82) is 0 Å². The second-order valence-corrected chi connectivity index (χ2v) is 6.41. The van der Waals surface area contributed by atoms with Crippen LogP contribution >= 0.6 is 0 Å². The van der Waals surface area contributed by atoms with Gasteiger partial charge < -0.3 is 15.5 Å². The summed E-state index contributed by atoms with van der Waals surface area (Å²) in [4.78, 5) is 16.9. The maximum absolute atomic E-state index is 12.3. The lowest BCUT2D eigenvalue weighted by atomic mass is 10.0. The third-order valence-electron chi connectivity index (χ3n) is 4.86. The van der Waals surface area contributed by atoms with E-state index in [0.717, 1.165) is 70.9 Å². The van der Waals surface area contributed by atoms with Gasteiger partial charge >= 0.3 is 0 Å². The Balaban J connectivity index is 1.67. The van der Waals surface area contributed by atoms with Crippen molar-refractivity contribution in [2.24, 2.45) is 11.7 Å². The molecule has 0 spiro atoms. The van der Waals surface area contributed by atoms with E-state index < -0.39 is 0 Å². The molecule has 1 aliphatic carbocycles. The van der Waals surface area contributed by atoms with Crippen molar-refractivity contribution >= 4 is 5.91 Å². The van der Waals surface area contributed by atoms with Gasteiger partial charge in [-0.2, -0.15) is 0 Å². The summed E-state index contributed by atoms with van der Waals surface area (Å²) in [6, 6.07) is 0. The maximum atomic E-state index is 12.3. The van der Waals surface area contributed by atoms with Gasteiger partial charge in [0.05, 0.1) is 0 Å². The number of amides is 1. The van der Waals surface area contributed by atoms with Crippen molar-refractivity contribution in [3.63, 3.8) is 0 Å². The third-order valence-corrected chi connectivity index (χ3v) is 4.86. The summed E-state index contributed by atoms with van der Waals surface area (Å²) in [5, 5.41) is 0. The molecule has 1 saturated heterocycles. The number of nitrogens with two attached hydrogens (primary N) is 1. The Morgan fingerprint density at radius 3 is 2.60 bits per heavy atom. The average Bonchev–Trinajstić information content (AvgIpc) is 2.87. The minimum atomic E-state index is 0.387. The first-order valence-corrected chi connectivity index (χ1v) is 8.50. The van der Waals surface area contributed by atoms with Gasteiger partial charge in [0, 0.05) is 26.1 Å². The Morgan fingerprint density at radius 2 is 1.85 bits per heavy atom. The van der Waals surface area contributed by atoms with Crippen molar-refractivity contribution in [3.05, 3.63) is 0 Å². The van der Waals surface area contributed by atoms with E-state index in [1.807, 2.05) is 0 Å². The van der Waals surface area contributed by atoms with Crippen molar-refractivity contribution in [2.45, 2.75) is 51.4 Å². The van der Waals surface area contributed by atoms with Crippen LogP contribution in [0.15, 0.2) is 0 Å². The number of hydrogen-bond acceptors (Lipinski definition) is 3. The predicted octanol–water partition coefficient (Wildman–Crippen LogP) is 1.84. The molecule has 1 amide bonds. The van der Waals surface area contributed by atoms with E-state index in [0.29, 0.717) is 5.91 Å². The number of hydrogen-bond donors (Lipinski definition) is 1. The summed E-state index contributed by atoms with van der Waals surface area (Å²) in [5.74, 6) is 1.21. The van der Waals surface area contributed by atoms with Crippen molar-refractivity contribution < 1.29 is 4.79 Å². The fourth-order valence-electron chi connectivity index (χ4n) is 3.54. The molecule has 4 nitrogen and oxygen atoms in total. The van der Waals surface area contributed by atoms with Crippen LogP contribution in [0.2, 0.25) is 0 Å². The highest BCUT2D eigenvalue weighted by atomic mass is 16.2. The topological polar surface area (TPSA) is 49.6 Å². The molecule has 0 aromatic carbocycles. The zero-order valence-electron chi connectivity index (χ0n) is 12.9. The molecule has 2 fully saturated rings. The molecule has 0 aromatic heterocycles. The highest BCUT2D eigenvalue weighted by Gasteiger charge is 2.21. The van der Waals surface area contributed by atoms with Crippen molar-refractivity contribution in [3.8, 4) is 0 Å². The van der Waals surface area contributed by atoms with Crippen LogP contribution in [0.4, 0.5) is 0 Å². The summed E-state index contributed by atoms with van der Waals surface area (Å²) in [6.45, 7) is 5.85. The predicted molar refractivity (Wildman–Crippen MR) is 82.5 cm³/mol. The maximum Gasteiger partial charge on any atom is 0.222 e. The molecule has 0 radical (unpaired) electrons. The second-order valence-electron chi connectivity index (χ2n) is 6.41. The molecule has 0 unspecified atom stereocenters. The molecule has 0 aromatic rings. The van der Waals surface area contributed by atoms with Crippen LogP contribution in [0.5, 0.6) is 0 Å². The molecule has 0 atom stereocenters. The average molecular weight is 281 g/mol. The molecule has 1 saturated carbocycles. The Labute approximate surface area is 123 Å². The molecule has 20 heavy (non-hydrogen) atoms. The van der Waals surface area contributed by atoms with Gasteiger partial charge in [0.15, 0.2) is 0 Å². The van der Waals surface area contributed by atoms with Crippen molar-refractivity contribution in [2.75, 3.05) is 39.3 Å². The standard InChI is InChI=1S/C16H31N3O/c17-9-3-10-18-11-4-12-19(14-13-18)16(20)8-7-15-5-1-2-6-15/h15H,1-14,17H2. The molecule has 4 heteroatoms. The second kappa shape index (κ2) is 8.63. The largest absolute Gasteiger partial charge is 0.341 e. The van der Waals surface area contributed by atoms with Gasteiger partial charge in [0.25, 0.3) is 0 Å². The van der Waals surface area contributed by atoms with E-state index >= 15 is 0 Å². The molecule has 2 rings (SSSR count). The summed E-state index contributed by atoms with van der Waals surface area (Å²) in [6.07, 6.45) is 9.51. The first-order valence-electron chi connectivity index (χ1n) is 8.50. The first kappa shape index (κ1) is 15.8. The number of carbonyl (C=O) groups is 1. The lowest BCUT2D eigenvalue weighted by Crippen LogP contribution is -2.35. The summed E-state index contributed by atoms with van der Waals surface area (Å²) in [5.41, 5.74) is 5.57. The van der Waals surface area contributed by atoms with Gasteiger partial charge in [0.1, 0.15) is 0 Å². The minimum Gasteiger partial charge on any atom is -0.341 e.